The molecule has 0 radical (unpaired) electrons. The minimum atomic E-state index is -2.35. The van der Waals surface area contributed by atoms with Gasteiger partial charge >= 0.3 is 0 Å². The third kappa shape index (κ3) is 8.11. The quantitative estimate of drug-likeness (QED) is 0.359. The molecule has 0 aromatic rings. The van der Waals surface area contributed by atoms with Gasteiger partial charge < -0.3 is 29.3 Å². The molecular weight excluding hydrogens is 464 g/mol. The van der Waals surface area contributed by atoms with E-state index >= 15 is 0 Å². The largest absolute Gasteiger partial charge is 0.408 e. The Balaban J connectivity index is 2.42. The van der Waals surface area contributed by atoms with Gasteiger partial charge in [0, 0.05) is 13.7 Å². The smallest absolute Gasteiger partial charge is 0.252 e. The molecule has 2 N–H and O–H groups in total. The average Bonchev–Trinajstić information content (AvgIpc) is 2.89. The van der Waals surface area contributed by atoms with Gasteiger partial charge in [0.25, 0.3) is 5.91 Å². The van der Waals surface area contributed by atoms with Crippen LogP contribution in [0, 0.1) is 5.92 Å². The number of hydrogen-bond donors (Lipinski definition) is 2. The maximum absolute atomic E-state index is 13.6. The topological polar surface area (TPSA) is 95.1 Å². The van der Waals surface area contributed by atoms with Gasteiger partial charge in [-0.25, -0.2) is 0 Å². The van der Waals surface area contributed by atoms with Gasteiger partial charge in [0.15, 0.2) is 20.2 Å². The van der Waals surface area contributed by atoms with Gasteiger partial charge in [-0.1, -0.05) is 46.8 Å². The molecular formula is C26H48N2O6Si. The molecule has 2 aliphatic rings. The molecule has 35 heavy (non-hydrogen) atoms. The van der Waals surface area contributed by atoms with Crippen molar-refractivity contribution in [2.75, 3.05) is 13.7 Å². The summed E-state index contributed by atoms with van der Waals surface area (Å²) in [7, 11) is -0.855. The third-order valence-corrected chi connectivity index (χ3v) is 11.5. The molecule has 8 nitrogen and oxygen atoms in total. The van der Waals surface area contributed by atoms with E-state index in [0.717, 1.165) is 12.8 Å². The molecule has 9 heteroatoms. The Hall–Kier alpha value is -1.26. The minimum absolute atomic E-state index is 0.0978. The molecule has 0 saturated carbocycles. The van der Waals surface area contributed by atoms with Gasteiger partial charge in [0.05, 0.1) is 0 Å². The summed E-state index contributed by atoms with van der Waals surface area (Å²) in [4.78, 5) is 26.1. The number of allylic oxidation sites excluding steroid dienone is 1. The van der Waals surface area contributed by atoms with Crippen molar-refractivity contribution in [1.82, 2.24) is 10.6 Å². The molecule has 2 rings (SSSR count). The molecule has 2 fully saturated rings. The molecule has 2 heterocycles. The molecule has 2 saturated heterocycles. The first-order valence-corrected chi connectivity index (χ1v) is 15.8. The number of rotatable bonds is 9. The Morgan fingerprint density at radius 2 is 1.89 bits per heavy atom. The zero-order valence-electron chi connectivity index (χ0n) is 23.4. The first-order valence-electron chi connectivity index (χ1n) is 12.9. The molecule has 0 spiro atoms. The maximum atomic E-state index is 13.6. The number of methoxy groups -OCH3 is 1. The first-order chi connectivity index (χ1) is 16.1. The Bertz CT molecular complexity index is 761. The lowest BCUT2D eigenvalue weighted by molar-refractivity contribution is -0.167. The van der Waals surface area contributed by atoms with E-state index in [1.807, 2.05) is 19.9 Å². The maximum Gasteiger partial charge on any atom is 0.252 e. The van der Waals surface area contributed by atoms with Crippen molar-refractivity contribution in [3.63, 3.8) is 0 Å². The van der Waals surface area contributed by atoms with Crippen LogP contribution in [0.1, 0.15) is 67.7 Å². The monoisotopic (exact) mass is 512 g/mol. The number of carbonyl (C=O) groups is 2. The van der Waals surface area contributed by atoms with Crippen molar-refractivity contribution < 1.29 is 28.2 Å². The van der Waals surface area contributed by atoms with E-state index in [1.165, 1.54) is 7.11 Å². The number of nitrogens with one attached hydrogen (secondary N) is 2. The first kappa shape index (κ1) is 30.0. The van der Waals surface area contributed by atoms with Gasteiger partial charge in [0.2, 0.25) is 5.91 Å². The SMILES string of the molecule is CO[C@H](C(=O)N[C@H]1CCCCNC1=O)[C@@H](O[Si](C)(C)C(C)(C)C)[C@H]1OC(C)(C)O[C@@H]1/C=C/C(C)C. The predicted molar refractivity (Wildman–Crippen MR) is 139 cm³/mol. The van der Waals surface area contributed by atoms with Gasteiger partial charge in [0.1, 0.15) is 24.4 Å². The lowest BCUT2D eigenvalue weighted by Crippen LogP contribution is -2.59. The normalized spacial score (nSPS) is 27.5. The summed E-state index contributed by atoms with van der Waals surface area (Å²) in [6, 6.07) is -0.593. The predicted octanol–water partition coefficient (Wildman–Crippen LogP) is 3.91. The molecule has 0 aromatic heterocycles. The van der Waals surface area contributed by atoms with Crippen molar-refractivity contribution >= 4 is 20.1 Å². The van der Waals surface area contributed by atoms with Crippen LogP contribution in [-0.2, 0) is 28.2 Å². The van der Waals surface area contributed by atoms with Crippen molar-refractivity contribution in [2.45, 2.75) is 122 Å². The summed E-state index contributed by atoms with van der Waals surface area (Å²) in [5, 5.41) is 5.69. The number of carbonyl (C=O) groups excluding carboxylic acids is 2. The second-order valence-electron chi connectivity index (χ2n) is 12.0. The fourth-order valence-corrected chi connectivity index (χ4v) is 5.38. The Labute approximate surface area is 213 Å². The summed E-state index contributed by atoms with van der Waals surface area (Å²) in [5.74, 6) is -1.05. The highest BCUT2D eigenvalue weighted by Gasteiger charge is 2.52. The second-order valence-corrected chi connectivity index (χ2v) is 16.8. The van der Waals surface area contributed by atoms with Crippen molar-refractivity contribution in [3.05, 3.63) is 12.2 Å². The summed E-state index contributed by atoms with van der Waals surface area (Å²) in [5.41, 5.74) is 0. The van der Waals surface area contributed by atoms with Crippen molar-refractivity contribution in [3.8, 4) is 0 Å². The third-order valence-electron chi connectivity index (χ3n) is 7.07. The van der Waals surface area contributed by atoms with E-state index in [1.54, 1.807) is 0 Å². The zero-order chi connectivity index (χ0) is 26.6. The number of amides is 2. The minimum Gasteiger partial charge on any atom is -0.408 e. The van der Waals surface area contributed by atoms with Crippen LogP contribution in [0.3, 0.4) is 0 Å². The molecule has 0 unspecified atom stereocenters. The second kappa shape index (κ2) is 11.9. The average molecular weight is 513 g/mol. The van der Waals surface area contributed by atoms with Crippen LogP contribution >= 0.6 is 0 Å². The van der Waals surface area contributed by atoms with Crippen LogP contribution in [-0.4, -0.2) is 70.0 Å². The highest BCUT2D eigenvalue weighted by atomic mass is 28.4. The molecule has 0 aliphatic carbocycles. The Morgan fingerprint density at radius 1 is 1.23 bits per heavy atom. The van der Waals surface area contributed by atoms with E-state index in [-0.39, 0.29) is 16.9 Å². The van der Waals surface area contributed by atoms with E-state index < -0.39 is 44.6 Å². The lowest BCUT2D eigenvalue weighted by atomic mass is 10.00. The van der Waals surface area contributed by atoms with E-state index in [0.29, 0.717) is 18.9 Å². The van der Waals surface area contributed by atoms with Crippen LogP contribution in [0.4, 0.5) is 0 Å². The fourth-order valence-electron chi connectivity index (χ4n) is 4.09. The molecule has 0 aromatic carbocycles. The number of ether oxygens (including phenoxy) is 3. The van der Waals surface area contributed by atoms with Gasteiger partial charge in [-0.15, -0.1) is 0 Å². The van der Waals surface area contributed by atoms with Gasteiger partial charge in [-0.3, -0.25) is 9.59 Å². The van der Waals surface area contributed by atoms with Crippen LogP contribution < -0.4 is 10.6 Å². The van der Waals surface area contributed by atoms with E-state index in [4.69, 9.17) is 18.6 Å². The molecule has 202 valence electrons. The fraction of sp³-hybridized carbons (Fsp3) is 0.846. The standard InChI is InChI=1S/C26H48N2O6Si/c1-17(2)14-15-19-20(33-26(6,7)32-19)21(34-35(9,10)25(3,4)5)22(31-8)24(30)28-18-13-11-12-16-27-23(18)29/h14-15,17-22H,11-13,16H2,1-10H3,(H,27,29)(H,28,30)/b15-14+/t18-,19+,20-,21-,22-/m0/s1. The summed E-state index contributed by atoms with van der Waals surface area (Å²) in [6.45, 7) is 19.3. The molecule has 2 aliphatic heterocycles. The highest BCUT2D eigenvalue weighted by Crippen LogP contribution is 2.41. The summed E-state index contributed by atoms with van der Waals surface area (Å²) in [6.07, 6.45) is 3.75. The number of hydrogen-bond acceptors (Lipinski definition) is 6. The molecule has 5 atom stereocenters. The van der Waals surface area contributed by atoms with Crippen LogP contribution in [0.5, 0.6) is 0 Å². The van der Waals surface area contributed by atoms with E-state index in [9.17, 15) is 9.59 Å². The van der Waals surface area contributed by atoms with Crippen LogP contribution in [0.25, 0.3) is 0 Å². The molecule has 0 bridgehead atoms. The van der Waals surface area contributed by atoms with Gasteiger partial charge in [-0.05, 0) is 57.2 Å². The Morgan fingerprint density at radius 3 is 2.46 bits per heavy atom. The molecule has 2 amide bonds. The summed E-state index contributed by atoms with van der Waals surface area (Å²) >= 11 is 0. The summed E-state index contributed by atoms with van der Waals surface area (Å²) < 4.78 is 25.2. The zero-order valence-corrected chi connectivity index (χ0v) is 24.4. The van der Waals surface area contributed by atoms with Crippen LogP contribution in [0.15, 0.2) is 12.2 Å². The lowest BCUT2D eigenvalue weighted by Gasteiger charge is -2.42. The Kier molecular flexibility index (Phi) is 10.2. The van der Waals surface area contributed by atoms with E-state index in [2.05, 4.69) is 64.4 Å². The van der Waals surface area contributed by atoms with Crippen LogP contribution in [0.2, 0.25) is 18.1 Å². The van der Waals surface area contributed by atoms with Crippen molar-refractivity contribution in [2.24, 2.45) is 5.92 Å². The van der Waals surface area contributed by atoms with Crippen molar-refractivity contribution in [1.29, 1.82) is 0 Å². The highest BCUT2D eigenvalue weighted by molar-refractivity contribution is 6.74. The van der Waals surface area contributed by atoms with Gasteiger partial charge in [-0.2, -0.15) is 0 Å².